The monoisotopic (exact) mass is 416 g/mol. The third kappa shape index (κ3) is 4.35. The van der Waals surface area contributed by atoms with E-state index >= 15 is 0 Å². The summed E-state index contributed by atoms with van der Waals surface area (Å²) in [6, 6.07) is 7.45. The van der Waals surface area contributed by atoms with E-state index in [1.807, 2.05) is 6.07 Å². The summed E-state index contributed by atoms with van der Waals surface area (Å²) in [4.78, 5) is 20.6. The van der Waals surface area contributed by atoms with Crippen molar-refractivity contribution in [3.05, 3.63) is 53.5 Å². The topological polar surface area (TPSA) is 142 Å². The Morgan fingerprint density at radius 1 is 1.24 bits per heavy atom. The highest BCUT2D eigenvalue weighted by molar-refractivity contribution is 7.92. The number of nitrogens with one attached hydrogen (secondary N) is 1. The zero-order valence-electron chi connectivity index (χ0n) is 16.1. The van der Waals surface area contributed by atoms with E-state index in [9.17, 15) is 13.2 Å². The van der Waals surface area contributed by atoms with Gasteiger partial charge in [-0.1, -0.05) is 0 Å². The quantitative estimate of drug-likeness (QED) is 0.458. The number of nitrogens with zero attached hydrogens (tertiary/aromatic N) is 4. The van der Waals surface area contributed by atoms with Gasteiger partial charge in [-0.25, -0.2) is 22.9 Å². The van der Waals surface area contributed by atoms with E-state index < -0.39 is 16.0 Å². The van der Waals surface area contributed by atoms with E-state index in [0.29, 0.717) is 5.69 Å². The summed E-state index contributed by atoms with van der Waals surface area (Å²) in [6.07, 6.45) is 1.21. The van der Waals surface area contributed by atoms with Crippen LogP contribution in [0.1, 0.15) is 28.7 Å². The van der Waals surface area contributed by atoms with Crippen molar-refractivity contribution in [2.45, 2.75) is 25.7 Å². The van der Waals surface area contributed by atoms with Crippen molar-refractivity contribution in [3.8, 4) is 5.95 Å². The average molecular weight is 416 g/mol. The van der Waals surface area contributed by atoms with Crippen LogP contribution >= 0.6 is 0 Å². The van der Waals surface area contributed by atoms with Crippen LogP contribution in [0.15, 0.2) is 41.4 Å². The van der Waals surface area contributed by atoms with Gasteiger partial charge in [-0.2, -0.15) is 10.1 Å². The van der Waals surface area contributed by atoms with Crippen molar-refractivity contribution in [3.63, 3.8) is 0 Å². The Balaban J connectivity index is 2.08. The molecule has 1 aromatic carbocycles. The summed E-state index contributed by atoms with van der Waals surface area (Å²) >= 11 is 0. The molecule has 0 aliphatic rings. The van der Waals surface area contributed by atoms with E-state index in [-0.39, 0.29) is 28.8 Å². The number of hydrogen-bond acceptors (Lipinski definition) is 8. The van der Waals surface area contributed by atoms with Crippen LogP contribution in [0.3, 0.4) is 0 Å². The molecule has 0 saturated carbocycles. The third-order valence-electron chi connectivity index (χ3n) is 3.89. The molecule has 0 radical (unpaired) electrons. The number of benzene rings is 1. The summed E-state index contributed by atoms with van der Waals surface area (Å²) in [7, 11) is -4.04. The highest BCUT2D eigenvalue weighted by Gasteiger charge is 2.23. The molecule has 0 amide bonds. The van der Waals surface area contributed by atoms with E-state index in [0.717, 1.165) is 11.4 Å². The van der Waals surface area contributed by atoms with Gasteiger partial charge in [-0.05, 0) is 51.1 Å². The van der Waals surface area contributed by atoms with Gasteiger partial charge in [-0.3, -0.25) is 4.72 Å². The number of rotatable bonds is 6. The van der Waals surface area contributed by atoms with Crippen LogP contribution in [-0.4, -0.2) is 40.7 Å². The maximum atomic E-state index is 12.8. The lowest BCUT2D eigenvalue weighted by Crippen LogP contribution is -2.19. The molecule has 0 bridgehead atoms. The summed E-state index contributed by atoms with van der Waals surface area (Å²) in [5.41, 5.74) is 7.41. The van der Waals surface area contributed by atoms with Gasteiger partial charge in [0.2, 0.25) is 0 Å². The van der Waals surface area contributed by atoms with Gasteiger partial charge in [0.1, 0.15) is 5.56 Å². The summed E-state index contributed by atoms with van der Waals surface area (Å²) < 4.78 is 34.3. The molecule has 0 aliphatic carbocycles. The zero-order valence-corrected chi connectivity index (χ0v) is 16.9. The summed E-state index contributed by atoms with van der Waals surface area (Å²) in [6.45, 7) is 5.37. The standard InChI is InChI=1S/C18H20N6O4S/c1-4-28-17(25)15-10-20-18(24-12(3)9-11(2)22-24)21-16(15)23-29(26,27)14-7-5-13(19)6-8-14/h5-10H,4,19H2,1-3H3,(H,20,21,23). The van der Waals surface area contributed by atoms with Gasteiger partial charge in [0.15, 0.2) is 5.82 Å². The second-order valence-corrected chi connectivity index (χ2v) is 7.85. The molecule has 0 spiro atoms. The minimum Gasteiger partial charge on any atom is -0.462 e. The predicted octanol–water partition coefficient (Wildman–Crippen LogP) is 1.84. The van der Waals surface area contributed by atoms with E-state index in [1.54, 1.807) is 20.8 Å². The molecule has 3 rings (SSSR count). The molecule has 0 saturated heterocycles. The van der Waals surface area contributed by atoms with Crippen LogP contribution in [0.5, 0.6) is 0 Å². The largest absolute Gasteiger partial charge is 0.462 e. The highest BCUT2D eigenvalue weighted by atomic mass is 32.2. The van der Waals surface area contributed by atoms with Gasteiger partial charge < -0.3 is 10.5 Å². The number of carbonyl (C=O) groups excluding carboxylic acids is 1. The Hall–Kier alpha value is -3.47. The second-order valence-electron chi connectivity index (χ2n) is 6.17. The number of hydrogen-bond donors (Lipinski definition) is 2. The number of anilines is 2. The maximum absolute atomic E-state index is 12.8. The molecular weight excluding hydrogens is 396 g/mol. The van der Waals surface area contributed by atoms with Crippen molar-refractivity contribution >= 4 is 27.5 Å². The Morgan fingerprint density at radius 3 is 2.52 bits per heavy atom. The third-order valence-corrected chi connectivity index (χ3v) is 5.25. The number of aromatic nitrogens is 4. The summed E-state index contributed by atoms with van der Waals surface area (Å²) in [5.74, 6) is -0.848. The molecule has 2 aromatic heterocycles. The molecule has 3 aromatic rings. The van der Waals surface area contributed by atoms with Crippen LogP contribution in [0, 0.1) is 13.8 Å². The van der Waals surface area contributed by atoms with Crippen LogP contribution in [-0.2, 0) is 14.8 Å². The number of nitrogen functional groups attached to an aromatic ring is 1. The van der Waals surface area contributed by atoms with Gasteiger partial charge in [0, 0.05) is 17.6 Å². The first-order valence-corrected chi connectivity index (χ1v) is 10.2. The zero-order chi connectivity index (χ0) is 21.2. The Kier molecular flexibility index (Phi) is 5.50. The van der Waals surface area contributed by atoms with Crippen molar-refractivity contribution < 1.29 is 17.9 Å². The fourth-order valence-electron chi connectivity index (χ4n) is 2.58. The van der Waals surface area contributed by atoms with Crippen molar-refractivity contribution in [1.82, 2.24) is 19.7 Å². The molecular formula is C18H20N6O4S. The fraction of sp³-hybridized carbons (Fsp3) is 0.222. The molecule has 0 atom stereocenters. The molecule has 10 nitrogen and oxygen atoms in total. The van der Waals surface area contributed by atoms with Crippen LogP contribution in [0.4, 0.5) is 11.5 Å². The van der Waals surface area contributed by atoms with Crippen LogP contribution in [0.2, 0.25) is 0 Å². The van der Waals surface area contributed by atoms with Crippen molar-refractivity contribution in [2.75, 3.05) is 17.1 Å². The number of esters is 1. The first-order chi connectivity index (χ1) is 13.7. The molecule has 3 N–H and O–H groups in total. The molecule has 11 heteroatoms. The normalized spacial score (nSPS) is 11.3. The molecule has 2 heterocycles. The maximum Gasteiger partial charge on any atom is 0.343 e. The predicted molar refractivity (Wildman–Crippen MR) is 106 cm³/mol. The van der Waals surface area contributed by atoms with Crippen LogP contribution in [0.25, 0.3) is 5.95 Å². The molecule has 152 valence electrons. The van der Waals surface area contributed by atoms with E-state index in [4.69, 9.17) is 10.5 Å². The average Bonchev–Trinajstić information content (AvgIpc) is 3.00. The van der Waals surface area contributed by atoms with Crippen molar-refractivity contribution in [2.24, 2.45) is 0 Å². The van der Waals surface area contributed by atoms with Crippen LogP contribution < -0.4 is 10.5 Å². The lowest BCUT2D eigenvalue weighted by Gasteiger charge is -2.12. The molecule has 0 fully saturated rings. The van der Waals surface area contributed by atoms with E-state index in [1.165, 1.54) is 35.1 Å². The first-order valence-electron chi connectivity index (χ1n) is 8.67. The number of ether oxygens (including phenoxy) is 1. The fourth-order valence-corrected chi connectivity index (χ4v) is 3.60. The number of carbonyl (C=O) groups is 1. The number of aryl methyl sites for hydroxylation is 2. The molecule has 0 unspecified atom stereocenters. The van der Waals surface area contributed by atoms with Gasteiger partial charge in [0.25, 0.3) is 16.0 Å². The molecule has 0 aliphatic heterocycles. The first kappa shape index (κ1) is 20.3. The number of sulfonamides is 1. The Bertz CT molecular complexity index is 1160. The smallest absolute Gasteiger partial charge is 0.343 e. The second kappa shape index (κ2) is 7.87. The van der Waals surface area contributed by atoms with Gasteiger partial charge in [-0.15, -0.1) is 0 Å². The van der Waals surface area contributed by atoms with Crippen molar-refractivity contribution in [1.29, 1.82) is 0 Å². The number of nitrogens with two attached hydrogens (primary N) is 1. The summed E-state index contributed by atoms with van der Waals surface area (Å²) in [5, 5.41) is 4.28. The lowest BCUT2D eigenvalue weighted by atomic mass is 10.3. The van der Waals surface area contributed by atoms with E-state index in [2.05, 4.69) is 19.8 Å². The SMILES string of the molecule is CCOC(=O)c1cnc(-n2nc(C)cc2C)nc1NS(=O)(=O)c1ccc(N)cc1. The van der Waals surface area contributed by atoms with Gasteiger partial charge >= 0.3 is 5.97 Å². The Labute approximate surface area is 167 Å². The van der Waals surface area contributed by atoms with Gasteiger partial charge in [0.05, 0.1) is 17.2 Å². The highest BCUT2D eigenvalue weighted by Crippen LogP contribution is 2.21. The molecule has 29 heavy (non-hydrogen) atoms. The lowest BCUT2D eigenvalue weighted by molar-refractivity contribution is 0.0526. The minimum atomic E-state index is -4.04. The Morgan fingerprint density at radius 2 is 1.93 bits per heavy atom. The minimum absolute atomic E-state index is 0.0345.